The van der Waals surface area contributed by atoms with Gasteiger partial charge in [-0.2, -0.15) is 0 Å². The van der Waals surface area contributed by atoms with Gasteiger partial charge in [0.1, 0.15) is 0 Å². The Balaban J connectivity index is 2.91. The molecule has 0 saturated carbocycles. The van der Waals surface area contributed by atoms with Gasteiger partial charge in [0.15, 0.2) is 0 Å². The smallest absolute Gasteiger partial charge is 0.208 e. The maximum atomic E-state index is 11.7. The highest BCUT2D eigenvalue weighted by Crippen LogP contribution is 2.14. The highest BCUT2D eigenvalue weighted by molar-refractivity contribution is 9.09. The molecule has 0 heterocycles. The summed E-state index contributed by atoms with van der Waals surface area (Å²) in [6.45, 7) is 1.78. The van der Waals surface area contributed by atoms with Crippen molar-refractivity contribution in [1.29, 1.82) is 0 Å². The fraction of sp³-hybridized carbons (Fsp3) is 0.333. The summed E-state index contributed by atoms with van der Waals surface area (Å²) >= 11 is 8.88. The van der Waals surface area contributed by atoms with Crippen LogP contribution in [-0.2, 0) is 10.0 Å². The van der Waals surface area contributed by atoms with Crippen molar-refractivity contribution in [2.24, 2.45) is 0 Å². The number of halogens is 2. The number of hydrogen-bond donors (Lipinski definition) is 1. The van der Waals surface area contributed by atoms with E-state index in [2.05, 4.69) is 20.7 Å². The molecule has 1 atom stereocenters. The van der Waals surface area contributed by atoms with Crippen LogP contribution in [0.25, 0.3) is 0 Å². The number of sulfonamides is 1. The summed E-state index contributed by atoms with van der Waals surface area (Å²) in [5, 5.41) is 1.09. The third kappa shape index (κ3) is 3.75. The average molecular weight is 313 g/mol. The van der Waals surface area contributed by atoms with E-state index in [4.69, 9.17) is 11.6 Å². The van der Waals surface area contributed by atoms with Crippen molar-refractivity contribution in [2.75, 3.05) is 5.33 Å². The van der Waals surface area contributed by atoms with Crippen LogP contribution >= 0.6 is 27.5 Å². The zero-order valence-electron chi connectivity index (χ0n) is 8.07. The van der Waals surface area contributed by atoms with E-state index in [0.29, 0.717) is 10.4 Å². The van der Waals surface area contributed by atoms with Crippen molar-refractivity contribution in [3.63, 3.8) is 0 Å². The standard InChI is InChI=1S/C9H11BrClNO2S/c1-7(6-10)12-15(13,14)9-4-2-8(11)3-5-9/h2-5,7,12H,6H2,1H3. The van der Waals surface area contributed by atoms with Gasteiger partial charge in [0.2, 0.25) is 10.0 Å². The van der Waals surface area contributed by atoms with E-state index in [9.17, 15) is 8.42 Å². The molecule has 0 saturated heterocycles. The van der Waals surface area contributed by atoms with Gasteiger partial charge >= 0.3 is 0 Å². The van der Waals surface area contributed by atoms with Crippen molar-refractivity contribution in [2.45, 2.75) is 17.9 Å². The summed E-state index contributed by atoms with van der Waals surface area (Å²) in [4.78, 5) is 0.222. The Kier molecular flexibility index (Phi) is 4.58. The highest BCUT2D eigenvalue weighted by Gasteiger charge is 2.16. The van der Waals surface area contributed by atoms with Crippen molar-refractivity contribution < 1.29 is 8.42 Å². The Morgan fingerprint density at radius 2 is 1.93 bits per heavy atom. The van der Waals surface area contributed by atoms with Crippen LogP contribution in [0.2, 0.25) is 5.02 Å². The minimum atomic E-state index is -3.43. The van der Waals surface area contributed by atoms with Gasteiger partial charge in [0, 0.05) is 16.4 Å². The molecule has 0 amide bonds. The number of hydrogen-bond acceptors (Lipinski definition) is 2. The quantitative estimate of drug-likeness (QED) is 0.868. The van der Waals surface area contributed by atoms with Crippen LogP contribution in [0.5, 0.6) is 0 Å². The molecule has 1 rings (SSSR count). The largest absolute Gasteiger partial charge is 0.240 e. The van der Waals surface area contributed by atoms with E-state index in [1.807, 2.05) is 0 Å². The van der Waals surface area contributed by atoms with Crippen LogP contribution in [-0.4, -0.2) is 19.8 Å². The summed E-state index contributed by atoms with van der Waals surface area (Å²) < 4.78 is 26.0. The molecule has 3 nitrogen and oxygen atoms in total. The zero-order chi connectivity index (χ0) is 11.5. The normalized spacial score (nSPS) is 13.8. The molecule has 0 fully saturated rings. The van der Waals surface area contributed by atoms with E-state index >= 15 is 0 Å². The van der Waals surface area contributed by atoms with Gasteiger partial charge in [0.05, 0.1) is 4.90 Å². The van der Waals surface area contributed by atoms with E-state index in [1.165, 1.54) is 12.1 Å². The molecule has 0 aliphatic carbocycles. The predicted molar refractivity (Wildman–Crippen MR) is 65.0 cm³/mol. The van der Waals surface area contributed by atoms with Crippen LogP contribution in [0.15, 0.2) is 29.2 Å². The van der Waals surface area contributed by atoms with Gasteiger partial charge in [0.25, 0.3) is 0 Å². The first-order valence-corrected chi connectivity index (χ1v) is 7.28. The molecule has 0 aliphatic heterocycles. The molecule has 0 aromatic heterocycles. The van der Waals surface area contributed by atoms with Gasteiger partial charge in [-0.25, -0.2) is 13.1 Å². The maximum Gasteiger partial charge on any atom is 0.240 e. The Morgan fingerprint density at radius 3 is 2.40 bits per heavy atom. The summed E-state index contributed by atoms with van der Waals surface area (Å²) in [5.41, 5.74) is 0. The molecule has 15 heavy (non-hydrogen) atoms. The molecule has 0 bridgehead atoms. The lowest BCUT2D eigenvalue weighted by Crippen LogP contribution is -2.33. The molecule has 6 heteroatoms. The molecule has 1 unspecified atom stereocenters. The average Bonchev–Trinajstić information content (AvgIpc) is 2.17. The summed E-state index contributed by atoms with van der Waals surface area (Å²) in [5.74, 6) is 0. The third-order valence-corrected chi connectivity index (χ3v) is 4.54. The van der Waals surface area contributed by atoms with Gasteiger partial charge in [-0.3, -0.25) is 0 Å². The Hall–Kier alpha value is -0.100. The van der Waals surface area contributed by atoms with Crippen LogP contribution in [0.3, 0.4) is 0 Å². The third-order valence-electron chi connectivity index (χ3n) is 1.71. The first-order valence-electron chi connectivity index (χ1n) is 4.29. The van der Waals surface area contributed by atoms with E-state index in [-0.39, 0.29) is 10.9 Å². The van der Waals surface area contributed by atoms with Crippen molar-refractivity contribution in [1.82, 2.24) is 4.72 Å². The number of alkyl halides is 1. The Labute approximate surface area is 103 Å². The van der Waals surface area contributed by atoms with Gasteiger partial charge in [-0.1, -0.05) is 27.5 Å². The van der Waals surface area contributed by atoms with Gasteiger partial charge in [-0.15, -0.1) is 0 Å². The predicted octanol–water partition coefficient (Wildman–Crippen LogP) is 2.40. The molecule has 1 N–H and O–H groups in total. The first kappa shape index (κ1) is 13.0. The fourth-order valence-corrected chi connectivity index (χ4v) is 2.72. The zero-order valence-corrected chi connectivity index (χ0v) is 11.2. The number of rotatable bonds is 4. The van der Waals surface area contributed by atoms with E-state index < -0.39 is 10.0 Å². The Morgan fingerprint density at radius 1 is 1.40 bits per heavy atom. The molecule has 0 aliphatic rings. The molecule has 1 aromatic carbocycles. The van der Waals surface area contributed by atoms with Crippen LogP contribution in [0.4, 0.5) is 0 Å². The van der Waals surface area contributed by atoms with Crippen LogP contribution < -0.4 is 4.72 Å². The van der Waals surface area contributed by atoms with Crippen molar-refractivity contribution in [3.8, 4) is 0 Å². The lowest BCUT2D eigenvalue weighted by molar-refractivity contribution is 0.571. The summed E-state index contributed by atoms with van der Waals surface area (Å²) in [6.07, 6.45) is 0. The van der Waals surface area contributed by atoms with E-state index in [0.717, 1.165) is 0 Å². The highest BCUT2D eigenvalue weighted by atomic mass is 79.9. The molecular weight excluding hydrogens is 302 g/mol. The molecule has 0 spiro atoms. The van der Waals surface area contributed by atoms with Crippen LogP contribution in [0.1, 0.15) is 6.92 Å². The lowest BCUT2D eigenvalue weighted by Gasteiger charge is -2.11. The molecule has 1 aromatic rings. The monoisotopic (exact) mass is 311 g/mol. The van der Waals surface area contributed by atoms with Crippen molar-refractivity contribution >= 4 is 37.6 Å². The minimum absolute atomic E-state index is 0.148. The lowest BCUT2D eigenvalue weighted by atomic mass is 10.4. The first-order chi connectivity index (χ1) is 6.95. The second-order valence-electron chi connectivity index (χ2n) is 3.13. The second-order valence-corrected chi connectivity index (χ2v) is 5.93. The van der Waals surface area contributed by atoms with Crippen molar-refractivity contribution in [3.05, 3.63) is 29.3 Å². The van der Waals surface area contributed by atoms with Crippen LogP contribution in [0, 0.1) is 0 Å². The van der Waals surface area contributed by atoms with E-state index in [1.54, 1.807) is 19.1 Å². The Bertz CT molecular complexity index is 418. The minimum Gasteiger partial charge on any atom is -0.208 e. The van der Waals surface area contributed by atoms with Gasteiger partial charge in [-0.05, 0) is 31.2 Å². The van der Waals surface area contributed by atoms with Gasteiger partial charge < -0.3 is 0 Å². The number of benzene rings is 1. The number of nitrogens with one attached hydrogen (secondary N) is 1. The summed E-state index contributed by atoms with van der Waals surface area (Å²) in [6, 6.07) is 5.91. The topological polar surface area (TPSA) is 46.2 Å². The molecule has 84 valence electrons. The summed E-state index contributed by atoms with van der Waals surface area (Å²) in [7, 11) is -3.43. The fourth-order valence-electron chi connectivity index (χ4n) is 0.978. The maximum absolute atomic E-state index is 11.7. The SMILES string of the molecule is CC(CBr)NS(=O)(=O)c1ccc(Cl)cc1. The molecule has 0 radical (unpaired) electrons. The second kappa shape index (κ2) is 5.30. The molecular formula is C9H11BrClNO2S.